The van der Waals surface area contributed by atoms with Crippen LogP contribution in [0.15, 0.2) is 0 Å². The molecule has 0 aromatic heterocycles. The van der Waals surface area contributed by atoms with Gasteiger partial charge in [-0.15, -0.1) is 12.3 Å². The van der Waals surface area contributed by atoms with E-state index in [0.717, 1.165) is 38.9 Å². The molecule has 0 radical (unpaired) electrons. The largest absolute Gasteiger partial charge is 0.348 e. The molecule has 1 rings (SSSR count). The second-order valence-corrected chi connectivity index (χ2v) is 4.75. The molecule has 1 fully saturated rings. The number of nitrogens with one attached hydrogen (secondary N) is 1. The third-order valence-electron chi connectivity index (χ3n) is 3.15. The molecule has 0 aliphatic carbocycles. The van der Waals surface area contributed by atoms with Gasteiger partial charge in [-0.25, -0.2) is 0 Å². The van der Waals surface area contributed by atoms with Crippen LogP contribution >= 0.6 is 0 Å². The molecule has 0 unspecified atom stereocenters. The van der Waals surface area contributed by atoms with Crippen LogP contribution in [0.25, 0.3) is 0 Å². The van der Waals surface area contributed by atoms with Crippen LogP contribution in [0, 0.1) is 12.3 Å². The first-order valence-corrected chi connectivity index (χ1v) is 6.23. The molecule has 1 aliphatic heterocycles. The molecule has 0 spiro atoms. The highest BCUT2D eigenvalue weighted by Crippen LogP contribution is 2.10. The Hall–Kier alpha value is -1.05. The first-order chi connectivity index (χ1) is 8.13. The molecule has 0 saturated carbocycles. The molecule has 4 heteroatoms. The Balaban J connectivity index is 2.17. The Morgan fingerprint density at radius 3 is 2.65 bits per heavy atom. The lowest BCUT2D eigenvalue weighted by atomic mass is 10.0. The van der Waals surface area contributed by atoms with Crippen LogP contribution in [-0.4, -0.2) is 62.0 Å². The van der Waals surface area contributed by atoms with E-state index in [1.807, 2.05) is 0 Å². The van der Waals surface area contributed by atoms with Crippen LogP contribution in [0.5, 0.6) is 0 Å². The first kappa shape index (κ1) is 14.0. The SMILES string of the molecule is C#CCCNC1CCN(CC(=O)N(C)C)CC1. The fourth-order valence-electron chi connectivity index (χ4n) is 1.98. The summed E-state index contributed by atoms with van der Waals surface area (Å²) >= 11 is 0. The van der Waals surface area contributed by atoms with Gasteiger partial charge in [-0.2, -0.15) is 0 Å². The molecule has 0 atom stereocenters. The number of likely N-dealkylation sites (tertiary alicyclic amines) is 1. The highest BCUT2D eigenvalue weighted by atomic mass is 16.2. The molecule has 1 amide bonds. The molecule has 1 heterocycles. The van der Waals surface area contributed by atoms with Gasteiger partial charge in [0.1, 0.15) is 0 Å². The molecule has 0 bridgehead atoms. The molecular formula is C13H23N3O. The van der Waals surface area contributed by atoms with Gasteiger partial charge in [0.25, 0.3) is 0 Å². The number of likely N-dealkylation sites (N-methyl/N-ethyl adjacent to an activating group) is 1. The molecule has 96 valence electrons. The molecule has 0 aromatic carbocycles. The van der Waals surface area contributed by atoms with E-state index in [0.29, 0.717) is 12.6 Å². The lowest BCUT2D eigenvalue weighted by Gasteiger charge is -2.32. The Bertz CT molecular complexity index is 275. The number of amides is 1. The zero-order valence-corrected chi connectivity index (χ0v) is 10.9. The van der Waals surface area contributed by atoms with E-state index in [4.69, 9.17) is 6.42 Å². The van der Waals surface area contributed by atoms with Gasteiger partial charge in [-0.3, -0.25) is 9.69 Å². The molecule has 0 aromatic rings. The highest BCUT2D eigenvalue weighted by molar-refractivity contribution is 5.77. The maximum absolute atomic E-state index is 11.5. The average molecular weight is 237 g/mol. The summed E-state index contributed by atoms with van der Waals surface area (Å²) in [4.78, 5) is 15.4. The van der Waals surface area contributed by atoms with Crippen molar-refractivity contribution in [2.45, 2.75) is 25.3 Å². The van der Waals surface area contributed by atoms with Crippen molar-refractivity contribution in [1.29, 1.82) is 0 Å². The van der Waals surface area contributed by atoms with Gasteiger partial charge in [0.15, 0.2) is 0 Å². The predicted molar refractivity (Wildman–Crippen MR) is 69.6 cm³/mol. The minimum atomic E-state index is 0.184. The zero-order chi connectivity index (χ0) is 12.7. The average Bonchev–Trinajstić information content (AvgIpc) is 2.31. The van der Waals surface area contributed by atoms with Gasteiger partial charge in [0, 0.05) is 46.2 Å². The Morgan fingerprint density at radius 1 is 1.47 bits per heavy atom. The lowest BCUT2D eigenvalue weighted by molar-refractivity contribution is -0.130. The van der Waals surface area contributed by atoms with Crippen molar-refractivity contribution in [1.82, 2.24) is 15.1 Å². The highest BCUT2D eigenvalue weighted by Gasteiger charge is 2.20. The number of rotatable bonds is 5. The van der Waals surface area contributed by atoms with Gasteiger partial charge in [0.05, 0.1) is 6.54 Å². The molecule has 1 saturated heterocycles. The zero-order valence-electron chi connectivity index (χ0n) is 10.9. The lowest BCUT2D eigenvalue weighted by Crippen LogP contribution is -2.46. The van der Waals surface area contributed by atoms with E-state index >= 15 is 0 Å². The molecular weight excluding hydrogens is 214 g/mol. The van der Waals surface area contributed by atoms with Crippen LogP contribution in [0.2, 0.25) is 0 Å². The number of terminal acetylenes is 1. The number of carbonyl (C=O) groups is 1. The van der Waals surface area contributed by atoms with Crippen molar-refractivity contribution >= 4 is 5.91 Å². The normalized spacial score (nSPS) is 17.7. The smallest absolute Gasteiger partial charge is 0.236 e. The van der Waals surface area contributed by atoms with E-state index in [-0.39, 0.29) is 5.91 Å². The summed E-state index contributed by atoms with van der Waals surface area (Å²) in [5.74, 6) is 2.82. The van der Waals surface area contributed by atoms with Crippen LogP contribution in [-0.2, 0) is 4.79 Å². The standard InChI is InChI=1S/C13H23N3O/c1-4-5-8-14-12-6-9-16(10-7-12)11-13(17)15(2)3/h1,12,14H,5-11H2,2-3H3. The van der Waals surface area contributed by atoms with E-state index in [1.54, 1.807) is 19.0 Å². The molecule has 4 nitrogen and oxygen atoms in total. The molecule has 17 heavy (non-hydrogen) atoms. The van der Waals surface area contributed by atoms with Crippen molar-refractivity contribution in [3.63, 3.8) is 0 Å². The number of nitrogens with zero attached hydrogens (tertiary/aromatic N) is 2. The van der Waals surface area contributed by atoms with Crippen molar-refractivity contribution in [3.05, 3.63) is 0 Å². The van der Waals surface area contributed by atoms with Crippen LogP contribution in [0.1, 0.15) is 19.3 Å². The van der Waals surface area contributed by atoms with Crippen LogP contribution in [0.3, 0.4) is 0 Å². The summed E-state index contributed by atoms with van der Waals surface area (Å²) in [6.45, 7) is 3.43. The summed E-state index contributed by atoms with van der Waals surface area (Å²) in [5, 5.41) is 3.45. The van der Waals surface area contributed by atoms with Gasteiger partial charge in [0.2, 0.25) is 5.91 Å². The quantitative estimate of drug-likeness (QED) is 0.546. The maximum atomic E-state index is 11.5. The summed E-state index contributed by atoms with van der Waals surface area (Å²) in [5.41, 5.74) is 0. The van der Waals surface area contributed by atoms with Crippen LogP contribution in [0.4, 0.5) is 0 Å². The molecule has 1 aliphatic rings. The summed E-state index contributed by atoms with van der Waals surface area (Å²) in [6.07, 6.45) is 8.20. The monoisotopic (exact) mass is 237 g/mol. The summed E-state index contributed by atoms with van der Waals surface area (Å²) in [7, 11) is 3.60. The topological polar surface area (TPSA) is 35.6 Å². The minimum Gasteiger partial charge on any atom is -0.348 e. The number of carbonyl (C=O) groups excluding carboxylic acids is 1. The minimum absolute atomic E-state index is 0.184. The first-order valence-electron chi connectivity index (χ1n) is 6.23. The van der Waals surface area contributed by atoms with E-state index in [2.05, 4.69) is 16.1 Å². The third-order valence-corrected chi connectivity index (χ3v) is 3.15. The van der Waals surface area contributed by atoms with Gasteiger partial charge < -0.3 is 10.2 Å². The Labute approximate surface area is 104 Å². The number of hydrogen-bond donors (Lipinski definition) is 1. The van der Waals surface area contributed by atoms with E-state index in [1.165, 1.54) is 0 Å². The van der Waals surface area contributed by atoms with Gasteiger partial charge in [-0.05, 0) is 12.8 Å². The summed E-state index contributed by atoms with van der Waals surface area (Å²) in [6, 6.07) is 0.564. The fraction of sp³-hybridized carbons (Fsp3) is 0.769. The van der Waals surface area contributed by atoms with Crippen molar-refractivity contribution in [3.8, 4) is 12.3 Å². The number of piperidine rings is 1. The van der Waals surface area contributed by atoms with Crippen molar-refractivity contribution in [2.24, 2.45) is 0 Å². The van der Waals surface area contributed by atoms with Crippen molar-refractivity contribution < 1.29 is 4.79 Å². The second kappa shape index (κ2) is 7.31. The van der Waals surface area contributed by atoms with Gasteiger partial charge >= 0.3 is 0 Å². The summed E-state index contributed by atoms with van der Waals surface area (Å²) < 4.78 is 0. The van der Waals surface area contributed by atoms with Gasteiger partial charge in [-0.1, -0.05) is 0 Å². The van der Waals surface area contributed by atoms with E-state index < -0.39 is 0 Å². The van der Waals surface area contributed by atoms with Crippen LogP contribution < -0.4 is 5.32 Å². The fourth-order valence-corrected chi connectivity index (χ4v) is 1.98. The second-order valence-electron chi connectivity index (χ2n) is 4.75. The van der Waals surface area contributed by atoms with E-state index in [9.17, 15) is 4.79 Å². The predicted octanol–water partition coefficient (Wildman–Crippen LogP) is 0.152. The number of hydrogen-bond acceptors (Lipinski definition) is 3. The maximum Gasteiger partial charge on any atom is 0.236 e. The molecule has 1 N–H and O–H groups in total. The van der Waals surface area contributed by atoms with Crippen molar-refractivity contribution in [2.75, 3.05) is 40.3 Å². The Morgan fingerprint density at radius 2 is 2.12 bits per heavy atom. The Kier molecular flexibility index (Phi) is 6.03. The third kappa shape index (κ3) is 5.20.